The maximum Gasteiger partial charge on any atom is 0.223 e. The SMILES string of the molecule is O=Cc1cc(O)c(Sc2nnc(C(=O)c3ccccc3)s2)cc1O. The molecule has 0 aliphatic carbocycles. The summed E-state index contributed by atoms with van der Waals surface area (Å²) in [6, 6.07) is 11.2. The van der Waals surface area contributed by atoms with Crippen molar-refractivity contribution in [1.82, 2.24) is 10.2 Å². The van der Waals surface area contributed by atoms with E-state index < -0.39 is 0 Å². The maximum atomic E-state index is 12.3. The van der Waals surface area contributed by atoms with E-state index >= 15 is 0 Å². The van der Waals surface area contributed by atoms with Crippen LogP contribution >= 0.6 is 23.1 Å². The molecule has 1 heterocycles. The van der Waals surface area contributed by atoms with E-state index in [1.807, 2.05) is 6.07 Å². The Kier molecular flexibility index (Phi) is 4.59. The molecule has 0 saturated heterocycles. The van der Waals surface area contributed by atoms with E-state index in [2.05, 4.69) is 10.2 Å². The molecular formula is C16H10N2O4S2. The number of phenolic OH excluding ortho intramolecular Hbond substituents is 2. The molecule has 2 aromatic carbocycles. The number of rotatable bonds is 5. The van der Waals surface area contributed by atoms with Crippen molar-refractivity contribution in [3.63, 3.8) is 0 Å². The molecule has 0 fully saturated rings. The normalized spacial score (nSPS) is 10.5. The zero-order valence-corrected chi connectivity index (χ0v) is 13.7. The van der Waals surface area contributed by atoms with Crippen molar-refractivity contribution in [3.8, 4) is 11.5 Å². The van der Waals surface area contributed by atoms with Crippen LogP contribution in [0, 0.1) is 0 Å². The summed E-state index contributed by atoms with van der Waals surface area (Å²) in [5, 5.41) is 27.6. The van der Waals surface area contributed by atoms with Crippen LogP contribution in [0.1, 0.15) is 25.7 Å². The first kappa shape index (κ1) is 16.2. The third kappa shape index (κ3) is 3.29. The van der Waals surface area contributed by atoms with Gasteiger partial charge in [0.1, 0.15) is 11.5 Å². The number of benzene rings is 2. The molecule has 0 bridgehead atoms. The van der Waals surface area contributed by atoms with Crippen molar-refractivity contribution in [2.45, 2.75) is 9.24 Å². The van der Waals surface area contributed by atoms with Crippen LogP contribution in [0.4, 0.5) is 0 Å². The highest BCUT2D eigenvalue weighted by Crippen LogP contribution is 2.39. The number of ketones is 1. The van der Waals surface area contributed by atoms with Crippen molar-refractivity contribution in [2.75, 3.05) is 0 Å². The van der Waals surface area contributed by atoms with Crippen LogP contribution < -0.4 is 0 Å². The second kappa shape index (κ2) is 6.81. The Morgan fingerprint density at radius 2 is 1.83 bits per heavy atom. The zero-order chi connectivity index (χ0) is 17.1. The smallest absolute Gasteiger partial charge is 0.223 e. The summed E-state index contributed by atoms with van der Waals surface area (Å²) in [5.41, 5.74) is 0.509. The highest BCUT2D eigenvalue weighted by molar-refractivity contribution is 8.01. The highest BCUT2D eigenvalue weighted by Gasteiger charge is 2.17. The molecule has 120 valence electrons. The number of hydrogen-bond acceptors (Lipinski definition) is 8. The first-order valence-electron chi connectivity index (χ1n) is 6.70. The van der Waals surface area contributed by atoms with Gasteiger partial charge in [-0.05, 0) is 12.1 Å². The number of aromatic hydroxyl groups is 2. The molecule has 2 N–H and O–H groups in total. The Morgan fingerprint density at radius 1 is 1.08 bits per heavy atom. The van der Waals surface area contributed by atoms with Crippen molar-refractivity contribution >= 4 is 35.2 Å². The van der Waals surface area contributed by atoms with Gasteiger partial charge in [0.25, 0.3) is 0 Å². The summed E-state index contributed by atoms with van der Waals surface area (Å²) in [6.45, 7) is 0. The lowest BCUT2D eigenvalue weighted by atomic mass is 10.1. The van der Waals surface area contributed by atoms with Crippen LogP contribution in [0.3, 0.4) is 0 Å². The van der Waals surface area contributed by atoms with E-state index in [-0.39, 0.29) is 27.9 Å². The van der Waals surface area contributed by atoms with Gasteiger partial charge in [-0.2, -0.15) is 0 Å². The lowest BCUT2D eigenvalue weighted by molar-refractivity contribution is 0.103. The number of aldehydes is 1. The molecule has 0 unspecified atom stereocenters. The average Bonchev–Trinajstić information content (AvgIpc) is 3.06. The Labute approximate surface area is 144 Å². The number of carbonyl (C=O) groups excluding carboxylic acids is 2. The second-order valence-electron chi connectivity index (χ2n) is 4.67. The molecular weight excluding hydrogens is 348 g/mol. The lowest BCUT2D eigenvalue weighted by Crippen LogP contribution is -1.99. The Morgan fingerprint density at radius 3 is 2.54 bits per heavy atom. The minimum Gasteiger partial charge on any atom is -0.507 e. The molecule has 0 saturated carbocycles. The zero-order valence-electron chi connectivity index (χ0n) is 12.0. The molecule has 1 aromatic heterocycles. The predicted molar refractivity (Wildman–Crippen MR) is 89.1 cm³/mol. The predicted octanol–water partition coefficient (Wildman–Crippen LogP) is 3.14. The van der Waals surface area contributed by atoms with Gasteiger partial charge in [0.15, 0.2) is 15.6 Å². The van der Waals surface area contributed by atoms with E-state index in [1.54, 1.807) is 24.3 Å². The molecule has 3 aromatic rings. The molecule has 8 heteroatoms. The summed E-state index contributed by atoms with van der Waals surface area (Å²) >= 11 is 2.13. The Bertz CT molecular complexity index is 910. The van der Waals surface area contributed by atoms with Crippen LogP contribution in [-0.2, 0) is 0 Å². The molecule has 0 aliphatic heterocycles. The number of hydrogen-bond donors (Lipinski definition) is 2. The van der Waals surface area contributed by atoms with Crippen LogP contribution in [0.2, 0.25) is 0 Å². The van der Waals surface area contributed by atoms with Gasteiger partial charge in [-0.1, -0.05) is 53.4 Å². The van der Waals surface area contributed by atoms with E-state index in [1.165, 1.54) is 12.1 Å². The summed E-state index contributed by atoms with van der Waals surface area (Å²) in [6.07, 6.45) is 0.449. The van der Waals surface area contributed by atoms with E-state index in [0.717, 1.165) is 23.1 Å². The van der Waals surface area contributed by atoms with Crippen molar-refractivity contribution in [1.29, 1.82) is 0 Å². The summed E-state index contributed by atoms with van der Waals surface area (Å²) in [4.78, 5) is 23.3. The third-order valence-electron chi connectivity index (χ3n) is 3.07. The summed E-state index contributed by atoms with van der Waals surface area (Å²) < 4.78 is 0.433. The largest absolute Gasteiger partial charge is 0.507 e. The van der Waals surface area contributed by atoms with Gasteiger partial charge in [-0.15, -0.1) is 10.2 Å². The fraction of sp³-hybridized carbons (Fsp3) is 0. The molecule has 3 rings (SSSR count). The van der Waals surface area contributed by atoms with Gasteiger partial charge in [0.05, 0.1) is 10.5 Å². The molecule has 0 amide bonds. The molecule has 0 spiro atoms. The van der Waals surface area contributed by atoms with E-state index in [0.29, 0.717) is 21.1 Å². The van der Waals surface area contributed by atoms with E-state index in [9.17, 15) is 19.8 Å². The van der Waals surface area contributed by atoms with Gasteiger partial charge in [-0.3, -0.25) is 9.59 Å². The molecule has 0 atom stereocenters. The van der Waals surface area contributed by atoms with Gasteiger partial charge in [0.2, 0.25) is 5.78 Å². The van der Waals surface area contributed by atoms with Gasteiger partial charge in [0, 0.05) is 5.56 Å². The average molecular weight is 358 g/mol. The monoisotopic (exact) mass is 358 g/mol. The first-order valence-corrected chi connectivity index (χ1v) is 8.34. The fourth-order valence-corrected chi connectivity index (χ4v) is 3.72. The summed E-state index contributed by atoms with van der Waals surface area (Å²) in [7, 11) is 0. The van der Waals surface area contributed by atoms with Gasteiger partial charge >= 0.3 is 0 Å². The number of nitrogens with zero attached hydrogens (tertiary/aromatic N) is 2. The number of carbonyl (C=O) groups is 2. The van der Waals surface area contributed by atoms with Crippen molar-refractivity contribution < 1.29 is 19.8 Å². The highest BCUT2D eigenvalue weighted by atomic mass is 32.2. The second-order valence-corrected chi connectivity index (χ2v) is 6.93. The van der Waals surface area contributed by atoms with Crippen LogP contribution in [0.25, 0.3) is 0 Å². The quantitative estimate of drug-likeness (QED) is 0.410. The van der Waals surface area contributed by atoms with Crippen LogP contribution in [-0.4, -0.2) is 32.5 Å². The number of aromatic nitrogens is 2. The van der Waals surface area contributed by atoms with Crippen molar-refractivity contribution in [3.05, 3.63) is 58.6 Å². The topological polar surface area (TPSA) is 100 Å². The molecule has 0 radical (unpaired) electrons. The number of phenols is 2. The third-order valence-corrected chi connectivity index (χ3v) is 5.09. The standard InChI is InChI=1S/C16H10N2O4S2/c19-8-10-6-12(21)13(7-11(10)20)23-16-18-17-15(24-16)14(22)9-4-2-1-3-5-9/h1-8,20-21H. The van der Waals surface area contributed by atoms with Crippen molar-refractivity contribution in [2.24, 2.45) is 0 Å². The van der Waals surface area contributed by atoms with Crippen LogP contribution in [0.15, 0.2) is 51.7 Å². The summed E-state index contributed by atoms with van der Waals surface area (Å²) in [5.74, 6) is -0.634. The van der Waals surface area contributed by atoms with Crippen LogP contribution in [0.5, 0.6) is 11.5 Å². The van der Waals surface area contributed by atoms with Gasteiger partial charge in [-0.25, -0.2) is 0 Å². The minimum absolute atomic E-state index is 0.00550. The maximum absolute atomic E-state index is 12.3. The van der Waals surface area contributed by atoms with Gasteiger partial charge < -0.3 is 10.2 Å². The Balaban J connectivity index is 1.83. The molecule has 0 aliphatic rings. The van der Waals surface area contributed by atoms with E-state index in [4.69, 9.17) is 0 Å². The molecule has 24 heavy (non-hydrogen) atoms. The fourth-order valence-electron chi connectivity index (χ4n) is 1.90. The minimum atomic E-state index is -0.240. The molecule has 6 nitrogen and oxygen atoms in total. The first-order chi connectivity index (χ1) is 11.6. The lowest BCUT2D eigenvalue weighted by Gasteiger charge is -2.04. The Hall–Kier alpha value is -2.71.